The predicted molar refractivity (Wildman–Crippen MR) is 86.0 cm³/mol. The fraction of sp³-hybridized carbons (Fsp3) is 0.647. The fourth-order valence-electron chi connectivity index (χ4n) is 2.93. The molecule has 1 aliphatic rings. The molecule has 1 aromatic carbocycles. The first-order chi connectivity index (χ1) is 9.31. The van der Waals surface area contributed by atoms with Crippen molar-refractivity contribution in [3.05, 3.63) is 23.8 Å². The van der Waals surface area contributed by atoms with Gasteiger partial charge in [0.15, 0.2) is 0 Å². The highest BCUT2D eigenvalue weighted by atomic mass is 16.5. The van der Waals surface area contributed by atoms with Crippen molar-refractivity contribution in [1.82, 2.24) is 5.32 Å². The van der Waals surface area contributed by atoms with Crippen molar-refractivity contribution in [2.45, 2.75) is 52.1 Å². The van der Waals surface area contributed by atoms with Gasteiger partial charge in [-0.3, -0.25) is 0 Å². The summed E-state index contributed by atoms with van der Waals surface area (Å²) in [5, 5.41) is 3.57. The predicted octanol–water partition coefficient (Wildman–Crippen LogP) is 3.18. The van der Waals surface area contributed by atoms with Gasteiger partial charge in [0.25, 0.3) is 0 Å². The third kappa shape index (κ3) is 3.26. The summed E-state index contributed by atoms with van der Waals surface area (Å²) in [6, 6.07) is 7.64. The number of benzene rings is 1. The van der Waals surface area contributed by atoms with E-state index in [1.165, 1.54) is 11.3 Å². The molecule has 1 aliphatic heterocycles. The largest absolute Gasteiger partial charge is 0.495 e. The Morgan fingerprint density at radius 1 is 1.15 bits per heavy atom. The van der Waals surface area contributed by atoms with Crippen LogP contribution >= 0.6 is 0 Å². The first-order valence-electron chi connectivity index (χ1n) is 7.51. The summed E-state index contributed by atoms with van der Waals surface area (Å²) in [5.74, 6) is 0.985. The molecule has 1 aromatic rings. The van der Waals surface area contributed by atoms with E-state index in [-0.39, 0.29) is 5.41 Å². The van der Waals surface area contributed by atoms with Crippen molar-refractivity contribution in [2.24, 2.45) is 0 Å². The topological polar surface area (TPSA) is 24.5 Å². The number of hydrogen-bond donors (Lipinski definition) is 1. The Morgan fingerprint density at radius 3 is 2.25 bits per heavy atom. The Hall–Kier alpha value is -1.22. The van der Waals surface area contributed by atoms with E-state index >= 15 is 0 Å². The van der Waals surface area contributed by atoms with E-state index < -0.39 is 0 Å². The van der Waals surface area contributed by atoms with Gasteiger partial charge in [0, 0.05) is 25.2 Å². The summed E-state index contributed by atoms with van der Waals surface area (Å²) in [5.41, 5.74) is 2.67. The molecular formula is C17H28N2O. The van der Waals surface area contributed by atoms with Gasteiger partial charge in [-0.2, -0.15) is 0 Å². The normalized spacial score (nSPS) is 23.8. The smallest absolute Gasteiger partial charge is 0.142 e. The highest BCUT2D eigenvalue weighted by Gasteiger charge is 2.24. The SMILES string of the molecule is COc1cc(C(C)(C)C)ccc1N1C[C@@H](C)N[C@@H](C)C1. The van der Waals surface area contributed by atoms with E-state index in [4.69, 9.17) is 4.74 Å². The number of anilines is 1. The molecule has 1 saturated heterocycles. The zero-order valence-electron chi connectivity index (χ0n) is 13.7. The van der Waals surface area contributed by atoms with E-state index in [9.17, 15) is 0 Å². The molecule has 1 fully saturated rings. The van der Waals surface area contributed by atoms with Gasteiger partial charge in [0.05, 0.1) is 12.8 Å². The number of nitrogens with zero attached hydrogens (tertiary/aromatic N) is 1. The Bertz CT molecular complexity index is 455. The zero-order chi connectivity index (χ0) is 14.9. The Kier molecular flexibility index (Phi) is 4.28. The average Bonchev–Trinajstić information content (AvgIpc) is 2.35. The summed E-state index contributed by atoms with van der Waals surface area (Å²) in [6.45, 7) is 13.2. The molecule has 1 heterocycles. The van der Waals surface area contributed by atoms with E-state index in [0.29, 0.717) is 12.1 Å². The molecular weight excluding hydrogens is 248 g/mol. The second-order valence-corrected chi connectivity index (χ2v) is 7.01. The van der Waals surface area contributed by atoms with Gasteiger partial charge in [-0.15, -0.1) is 0 Å². The molecule has 0 aliphatic carbocycles. The molecule has 2 rings (SSSR count). The lowest BCUT2D eigenvalue weighted by Crippen LogP contribution is -2.54. The van der Waals surface area contributed by atoms with Gasteiger partial charge < -0.3 is 15.0 Å². The molecule has 0 bridgehead atoms. The average molecular weight is 276 g/mol. The Balaban J connectivity index is 2.32. The van der Waals surface area contributed by atoms with Gasteiger partial charge in [0.2, 0.25) is 0 Å². The van der Waals surface area contributed by atoms with Gasteiger partial charge in [0.1, 0.15) is 5.75 Å². The minimum Gasteiger partial charge on any atom is -0.495 e. The summed E-state index contributed by atoms with van der Waals surface area (Å²) >= 11 is 0. The molecule has 20 heavy (non-hydrogen) atoms. The molecule has 3 heteroatoms. The van der Waals surface area contributed by atoms with Crippen LogP contribution in [0.3, 0.4) is 0 Å². The summed E-state index contributed by atoms with van der Waals surface area (Å²) in [6.07, 6.45) is 0. The zero-order valence-corrected chi connectivity index (χ0v) is 13.7. The number of methoxy groups -OCH3 is 1. The van der Waals surface area contributed by atoms with E-state index in [0.717, 1.165) is 18.8 Å². The lowest BCUT2D eigenvalue weighted by atomic mass is 9.86. The van der Waals surface area contributed by atoms with Crippen molar-refractivity contribution >= 4 is 5.69 Å². The lowest BCUT2D eigenvalue weighted by molar-refractivity contribution is 0.390. The van der Waals surface area contributed by atoms with E-state index in [1.807, 2.05) is 0 Å². The van der Waals surface area contributed by atoms with Crippen LogP contribution in [0.15, 0.2) is 18.2 Å². The number of hydrogen-bond acceptors (Lipinski definition) is 3. The van der Waals surface area contributed by atoms with Crippen LogP contribution in [-0.2, 0) is 5.41 Å². The first-order valence-corrected chi connectivity index (χ1v) is 7.51. The summed E-state index contributed by atoms with van der Waals surface area (Å²) in [4.78, 5) is 2.43. The Labute approximate surface area is 123 Å². The van der Waals surface area contributed by atoms with Gasteiger partial charge in [-0.1, -0.05) is 26.8 Å². The van der Waals surface area contributed by atoms with Crippen LogP contribution in [0.5, 0.6) is 5.75 Å². The third-order valence-corrected chi connectivity index (χ3v) is 3.94. The van der Waals surface area contributed by atoms with Crippen molar-refractivity contribution in [1.29, 1.82) is 0 Å². The van der Waals surface area contributed by atoms with Crippen molar-refractivity contribution in [2.75, 3.05) is 25.1 Å². The molecule has 0 spiro atoms. The quantitative estimate of drug-likeness (QED) is 0.898. The van der Waals surface area contributed by atoms with Crippen LogP contribution in [0, 0.1) is 0 Å². The molecule has 0 unspecified atom stereocenters. The van der Waals surface area contributed by atoms with E-state index in [1.54, 1.807) is 7.11 Å². The van der Waals surface area contributed by atoms with E-state index in [2.05, 4.69) is 63.0 Å². The van der Waals surface area contributed by atoms with Crippen LogP contribution in [0.1, 0.15) is 40.2 Å². The van der Waals surface area contributed by atoms with Crippen LogP contribution in [0.4, 0.5) is 5.69 Å². The van der Waals surface area contributed by atoms with Gasteiger partial charge >= 0.3 is 0 Å². The number of ether oxygens (including phenoxy) is 1. The summed E-state index contributed by atoms with van der Waals surface area (Å²) in [7, 11) is 1.76. The van der Waals surface area contributed by atoms with Crippen LogP contribution in [0.2, 0.25) is 0 Å². The summed E-state index contributed by atoms with van der Waals surface area (Å²) < 4.78 is 5.64. The van der Waals surface area contributed by atoms with Crippen molar-refractivity contribution in [3.63, 3.8) is 0 Å². The monoisotopic (exact) mass is 276 g/mol. The molecule has 0 saturated carbocycles. The highest BCUT2D eigenvalue weighted by molar-refractivity contribution is 5.61. The molecule has 0 radical (unpaired) electrons. The van der Waals surface area contributed by atoms with Crippen LogP contribution < -0.4 is 15.0 Å². The number of piperazine rings is 1. The van der Waals surface area contributed by atoms with Crippen LogP contribution in [0.25, 0.3) is 0 Å². The maximum absolute atomic E-state index is 5.64. The second kappa shape index (κ2) is 5.65. The molecule has 1 N–H and O–H groups in total. The Morgan fingerprint density at radius 2 is 1.75 bits per heavy atom. The minimum atomic E-state index is 0.149. The molecule has 0 aromatic heterocycles. The van der Waals surface area contributed by atoms with Gasteiger partial charge in [-0.25, -0.2) is 0 Å². The van der Waals surface area contributed by atoms with Crippen molar-refractivity contribution in [3.8, 4) is 5.75 Å². The molecule has 3 nitrogen and oxygen atoms in total. The minimum absolute atomic E-state index is 0.149. The third-order valence-electron chi connectivity index (χ3n) is 3.94. The standard InChI is InChI=1S/C17H28N2O/c1-12-10-19(11-13(2)18-12)15-8-7-14(17(3,4)5)9-16(15)20-6/h7-9,12-13,18H,10-11H2,1-6H3/t12-,13+. The maximum atomic E-state index is 5.64. The lowest BCUT2D eigenvalue weighted by Gasteiger charge is -2.38. The molecule has 0 amide bonds. The fourth-order valence-corrected chi connectivity index (χ4v) is 2.93. The molecule has 112 valence electrons. The highest BCUT2D eigenvalue weighted by Crippen LogP contribution is 2.34. The second-order valence-electron chi connectivity index (χ2n) is 7.01. The van der Waals surface area contributed by atoms with Crippen molar-refractivity contribution < 1.29 is 4.74 Å². The number of rotatable bonds is 2. The van der Waals surface area contributed by atoms with Crippen LogP contribution in [-0.4, -0.2) is 32.3 Å². The maximum Gasteiger partial charge on any atom is 0.142 e. The molecule has 2 atom stereocenters. The first kappa shape index (κ1) is 15.2. The number of nitrogens with one attached hydrogen (secondary N) is 1. The van der Waals surface area contributed by atoms with Gasteiger partial charge in [-0.05, 0) is 37.0 Å².